The fraction of sp³-hybridized carbons (Fsp3) is 0.391. The molecular formula is C23H20F6O3. The van der Waals surface area contributed by atoms with Gasteiger partial charge in [-0.05, 0) is 25.0 Å². The van der Waals surface area contributed by atoms with Crippen LogP contribution in [0.1, 0.15) is 13.8 Å². The van der Waals surface area contributed by atoms with E-state index in [0.717, 1.165) is 24.3 Å². The molecule has 3 aliphatic rings. The number of rotatable bonds is 4. The molecule has 32 heavy (non-hydrogen) atoms. The van der Waals surface area contributed by atoms with Crippen LogP contribution >= 0.6 is 0 Å². The monoisotopic (exact) mass is 458 g/mol. The molecule has 9 heteroatoms. The molecule has 0 bridgehead atoms. The molecule has 0 aromatic carbocycles. The van der Waals surface area contributed by atoms with Gasteiger partial charge in [-0.2, -0.15) is 26.3 Å². The number of hydrogen-bond donors (Lipinski definition) is 0. The largest absolute Gasteiger partial charge is 0.431 e. The maximum Gasteiger partial charge on any atom is 0.411 e. The molecule has 1 heterocycles. The lowest BCUT2D eigenvalue weighted by atomic mass is 9.65. The Kier molecular flexibility index (Phi) is 5.68. The van der Waals surface area contributed by atoms with Crippen molar-refractivity contribution in [2.75, 3.05) is 0 Å². The van der Waals surface area contributed by atoms with E-state index in [9.17, 15) is 35.9 Å². The molecule has 0 aromatic heterocycles. The van der Waals surface area contributed by atoms with Gasteiger partial charge in [0.15, 0.2) is 0 Å². The molecular weight excluding hydrogens is 438 g/mol. The summed E-state index contributed by atoms with van der Waals surface area (Å²) in [5.74, 6) is -5.57. The third-order valence-corrected chi connectivity index (χ3v) is 6.09. The second-order valence-corrected chi connectivity index (χ2v) is 8.16. The smallest absolute Gasteiger partial charge is 0.411 e. The molecule has 3 rings (SSSR count). The molecule has 0 radical (unpaired) electrons. The van der Waals surface area contributed by atoms with Crippen molar-refractivity contribution in [3.8, 4) is 0 Å². The Labute approximate surface area is 180 Å². The van der Waals surface area contributed by atoms with Crippen molar-refractivity contribution in [3.63, 3.8) is 0 Å². The highest BCUT2D eigenvalue weighted by atomic mass is 19.4. The van der Waals surface area contributed by atoms with E-state index in [0.29, 0.717) is 12.2 Å². The molecule has 1 aliphatic heterocycles. The van der Waals surface area contributed by atoms with Gasteiger partial charge in [-0.25, -0.2) is 0 Å². The molecule has 3 nitrogen and oxygen atoms in total. The van der Waals surface area contributed by atoms with E-state index in [1.807, 2.05) is 0 Å². The van der Waals surface area contributed by atoms with Crippen LogP contribution in [0.25, 0.3) is 0 Å². The normalized spacial score (nSPS) is 28.1. The number of Topliss-reactive ketones (excluding diaryl/α,β-unsaturated/α-hetero) is 1. The van der Waals surface area contributed by atoms with E-state index in [1.165, 1.54) is 13.8 Å². The van der Waals surface area contributed by atoms with Gasteiger partial charge in [0.2, 0.25) is 5.41 Å². The first-order chi connectivity index (χ1) is 14.6. The summed E-state index contributed by atoms with van der Waals surface area (Å²) in [5, 5.41) is 0. The Hall–Kier alpha value is -2.84. The van der Waals surface area contributed by atoms with Crippen LogP contribution in [0.4, 0.5) is 26.3 Å². The van der Waals surface area contributed by atoms with Crippen molar-refractivity contribution in [2.45, 2.75) is 26.2 Å². The Morgan fingerprint density at radius 1 is 0.906 bits per heavy atom. The molecule has 2 aliphatic carbocycles. The lowest BCUT2D eigenvalue weighted by Crippen LogP contribution is -2.53. The number of carbonyl (C=O) groups excluding carboxylic acids is 2. The molecule has 0 saturated carbocycles. The average molecular weight is 458 g/mol. The van der Waals surface area contributed by atoms with Gasteiger partial charge >= 0.3 is 18.3 Å². The SMILES string of the molecule is C=C(C)C1C=C(C(C2=CC3C(=C)OC(=O)C3C=C2)(C(F)(F)F)C(F)(F)F)C=CC1C(C)=O. The Balaban J connectivity index is 2.28. The maximum absolute atomic E-state index is 14.5. The minimum atomic E-state index is -5.79. The van der Waals surface area contributed by atoms with Crippen molar-refractivity contribution in [1.29, 1.82) is 0 Å². The van der Waals surface area contributed by atoms with Gasteiger partial charge in [-0.3, -0.25) is 9.59 Å². The molecule has 4 unspecified atom stereocenters. The fourth-order valence-corrected chi connectivity index (χ4v) is 4.46. The van der Waals surface area contributed by atoms with Crippen LogP contribution < -0.4 is 0 Å². The maximum atomic E-state index is 14.5. The zero-order valence-corrected chi connectivity index (χ0v) is 17.2. The van der Waals surface area contributed by atoms with E-state index >= 15 is 0 Å². The summed E-state index contributed by atoms with van der Waals surface area (Å²) >= 11 is 0. The average Bonchev–Trinajstić information content (AvgIpc) is 2.93. The zero-order valence-electron chi connectivity index (χ0n) is 17.2. The van der Waals surface area contributed by atoms with Crippen molar-refractivity contribution >= 4 is 11.8 Å². The summed E-state index contributed by atoms with van der Waals surface area (Å²) < 4.78 is 91.6. The molecule has 4 atom stereocenters. The highest BCUT2D eigenvalue weighted by Gasteiger charge is 2.74. The van der Waals surface area contributed by atoms with Crippen LogP contribution in [0.5, 0.6) is 0 Å². The summed E-state index contributed by atoms with van der Waals surface area (Å²) in [5.41, 5.74) is -6.29. The number of alkyl halides is 6. The van der Waals surface area contributed by atoms with Crippen molar-refractivity contribution < 1.29 is 40.7 Å². The minimum absolute atomic E-state index is 0.218. The summed E-state index contributed by atoms with van der Waals surface area (Å²) in [7, 11) is 0. The van der Waals surface area contributed by atoms with Crippen molar-refractivity contribution in [3.05, 3.63) is 72.1 Å². The predicted molar refractivity (Wildman–Crippen MR) is 104 cm³/mol. The minimum Gasteiger partial charge on any atom is -0.431 e. The standard InChI is InChI=1S/C23H20F6O3/c1-11(2)18-9-14(5-7-16(18)12(3)30)21(22(24,25)26,23(27,28)29)15-6-8-17-19(10-15)13(4)32-20(17)31/h5-10,16-19H,1,4H2,2-3H3. The number of carbonyl (C=O) groups is 2. The van der Waals surface area contributed by atoms with Crippen LogP contribution in [0.2, 0.25) is 0 Å². The second-order valence-electron chi connectivity index (χ2n) is 8.16. The molecule has 0 amide bonds. The number of fused-ring (bicyclic) bond motifs is 1. The van der Waals surface area contributed by atoms with E-state index in [4.69, 9.17) is 4.74 Å². The number of allylic oxidation sites excluding steroid dienone is 8. The number of halogens is 6. The summed E-state index contributed by atoms with van der Waals surface area (Å²) in [4.78, 5) is 23.7. The number of hydrogen-bond acceptors (Lipinski definition) is 3. The zero-order chi connectivity index (χ0) is 24.2. The number of esters is 1. The van der Waals surface area contributed by atoms with Gasteiger partial charge in [0.25, 0.3) is 0 Å². The van der Waals surface area contributed by atoms with E-state index in [2.05, 4.69) is 13.2 Å². The third kappa shape index (κ3) is 3.47. The number of ether oxygens (including phenoxy) is 1. The Morgan fingerprint density at radius 3 is 1.94 bits per heavy atom. The quantitative estimate of drug-likeness (QED) is 0.304. The predicted octanol–water partition coefficient (Wildman–Crippen LogP) is 5.79. The third-order valence-electron chi connectivity index (χ3n) is 6.09. The molecule has 1 fully saturated rings. The summed E-state index contributed by atoms with van der Waals surface area (Å²) in [6, 6.07) is 0. The molecule has 172 valence electrons. The van der Waals surface area contributed by atoms with E-state index in [-0.39, 0.29) is 11.3 Å². The first-order valence-electron chi connectivity index (χ1n) is 9.63. The lowest BCUT2D eigenvalue weighted by molar-refractivity contribution is -0.309. The molecule has 0 spiro atoms. The number of ketones is 1. The highest BCUT2D eigenvalue weighted by molar-refractivity contribution is 5.82. The molecule has 1 saturated heterocycles. The Bertz CT molecular complexity index is 992. The highest BCUT2D eigenvalue weighted by Crippen LogP contribution is 2.62. The molecule has 0 aromatic rings. The van der Waals surface area contributed by atoms with Crippen LogP contribution in [-0.4, -0.2) is 24.1 Å². The van der Waals surface area contributed by atoms with Crippen LogP contribution in [0.15, 0.2) is 72.1 Å². The summed E-state index contributed by atoms with van der Waals surface area (Å²) in [6.45, 7) is 9.73. The van der Waals surface area contributed by atoms with Gasteiger partial charge < -0.3 is 4.74 Å². The van der Waals surface area contributed by atoms with Crippen molar-refractivity contribution in [2.24, 2.45) is 29.1 Å². The van der Waals surface area contributed by atoms with Gasteiger partial charge in [-0.15, -0.1) is 0 Å². The van der Waals surface area contributed by atoms with Crippen LogP contribution in [-0.2, 0) is 14.3 Å². The first-order valence-corrected chi connectivity index (χ1v) is 9.63. The van der Waals surface area contributed by atoms with E-state index in [1.54, 1.807) is 0 Å². The molecule has 0 N–H and O–H groups in total. The van der Waals surface area contributed by atoms with Crippen LogP contribution in [0, 0.1) is 29.1 Å². The van der Waals surface area contributed by atoms with Gasteiger partial charge in [0.1, 0.15) is 11.5 Å². The van der Waals surface area contributed by atoms with Gasteiger partial charge in [-0.1, -0.05) is 55.2 Å². The fourth-order valence-electron chi connectivity index (χ4n) is 4.46. The summed E-state index contributed by atoms with van der Waals surface area (Å²) in [6.07, 6.45) is -6.60. The second kappa shape index (κ2) is 7.64. The Morgan fingerprint density at radius 2 is 1.44 bits per heavy atom. The van der Waals surface area contributed by atoms with Gasteiger partial charge in [0, 0.05) is 11.8 Å². The van der Waals surface area contributed by atoms with Crippen molar-refractivity contribution in [1.82, 2.24) is 0 Å². The van der Waals surface area contributed by atoms with Crippen LogP contribution in [0.3, 0.4) is 0 Å². The van der Waals surface area contributed by atoms with E-state index < -0.39 is 64.3 Å². The number of cyclic esters (lactones) is 1. The lowest BCUT2D eigenvalue weighted by Gasteiger charge is -2.42. The first kappa shape index (κ1) is 23.8. The topological polar surface area (TPSA) is 43.4 Å². The van der Waals surface area contributed by atoms with Gasteiger partial charge in [0.05, 0.1) is 11.8 Å².